The third-order valence-corrected chi connectivity index (χ3v) is 4.49. The van der Waals surface area contributed by atoms with E-state index in [9.17, 15) is 9.59 Å². The number of likely N-dealkylation sites (N-methyl/N-ethyl adjacent to an activating group) is 1. The first-order chi connectivity index (χ1) is 9.90. The Bertz CT molecular complexity index is 519. The van der Waals surface area contributed by atoms with Crippen LogP contribution in [-0.2, 0) is 16.0 Å². The third-order valence-electron chi connectivity index (χ3n) is 4.49. The van der Waals surface area contributed by atoms with Crippen LogP contribution in [0, 0.1) is 25.7 Å². The van der Waals surface area contributed by atoms with E-state index in [1.165, 1.54) is 0 Å². The molecule has 1 saturated carbocycles. The highest BCUT2D eigenvalue weighted by molar-refractivity contribution is 5.80. The van der Waals surface area contributed by atoms with Crippen molar-refractivity contribution in [2.24, 2.45) is 11.8 Å². The fourth-order valence-electron chi connectivity index (χ4n) is 3.07. The monoisotopic (exact) mass is 293 g/mol. The highest BCUT2D eigenvalue weighted by Gasteiger charge is 2.35. The summed E-state index contributed by atoms with van der Waals surface area (Å²) in [6, 6.07) is 0. The van der Waals surface area contributed by atoms with Crippen molar-refractivity contribution in [2.45, 2.75) is 39.5 Å². The molecule has 0 radical (unpaired) electrons. The molecule has 1 aliphatic rings. The van der Waals surface area contributed by atoms with Gasteiger partial charge in [-0.15, -0.1) is 0 Å². The summed E-state index contributed by atoms with van der Waals surface area (Å²) in [5, 5.41) is 16.1. The Kier molecular flexibility index (Phi) is 4.65. The number of carbonyl (C=O) groups is 2. The Labute approximate surface area is 124 Å². The summed E-state index contributed by atoms with van der Waals surface area (Å²) in [6.45, 7) is 4.56. The van der Waals surface area contributed by atoms with E-state index < -0.39 is 5.97 Å². The van der Waals surface area contributed by atoms with E-state index in [0.717, 1.165) is 23.4 Å². The van der Waals surface area contributed by atoms with Crippen LogP contribution in [0.15, 0.2) is 0 Å². The van der Waals surface area contributed by atoms with Gasteiger partial charge in [0.25, 0.3) is 0 Å². The van der Waals surface area contributed by atoms with Crippen molar-refractivity contribution in [3.05, 3.63) is 17.0 Å². The zero-order valence-corrected chi connectivity index (χ0v) is 12.8. The molecule has 1 aliphatic carbocycles. The van der Waals surface area contributed by atoms with E-state index in [1.54, 1.807) is 11.9 Å². The van der Waals surface area contributed by atoms with Crippen LogP contribution in [0.1, 0.15) is 36.2 Å². The van der Waals surface area contributed by atoms with Crippen LogP contribution >= 0.6 is 0 Å². The number of nitrogens with zero attached hydrogens (tertiary/aromatic N) is 2. The number of carbonyl (C=O) groups excluding carboxylic acids is 1. The SMILES string of the molecule is Cc1n[nH]c(C)c1CCN(C)C(=O)[C@H]1CC[C@@H](C(=O)O)C1. The predicted octanol–water partition coefficient (Wildman–Crippen LogP) is 1.53. The third kappa shape index (κ3) is 3.43. The Morgan fingerprint density at radius 1 is 1.33 bits per heavy atom. The maximum absolute atomic E-state index is 12.4. The number of aliphatic carboxylic acids is 1. The Morgan fingerprint density at radius 3 is 2.52 bits per heavy atom. The minimum absolute atomic E-state index is 0.0672. The number of carboxylic acids is 1. The number of aryl methyl sites for hydroxylation is 2. The van der Waals surface area contributed by atoms with Crippen LogP contribution in [0.2, 0.25) is 0 Å². The van der Waals surface area contributed by atoms with E-state index in [2.05, 4.69) is 10.2 Å². The van der Waals surface area contributed by atoms with Crippen LogP contribution in [0.4, 0.5) is 0 Å². The standard InChI is InChI=1S/C15H23N3O3/c1-9-13(10(2)17-16-9)6-7-18(3)14(19)11-4-5-12(8-11)15(20)21/h11-12H,4-8H2,1-3H3,(H,16,17)(H,20,21)/t11-,12+/m0/s1. The van der Waals surface area contributed by atoms with Gasteiger partial charge in [0.1, 0.15) is 0 Å². The van der Waals surface area contributed by atoms with Gasteiger partial charge in [-0.25, -0.2) is 0 Å². The summed E-state index contributed by atoms with van der Waals surface area (Å²) in [5.41, 5.74) is 3.17. The van der Waals surface area contributed by atoms with Crippen molar-refractivity contribution in [3.63, 3.8) is 0 Å². The molecule has 21 heavy (non-hydrogen) atoms. The second kappa shape index (κ2) is 6.28. The lowest BCUT2D eigenvalue weighted by molar-refractivity contribution is -0.141. The first kappa shape index (κ1) is 15.5. The van der Waals surface area contributed by atoms with Gasteiger partial charge in [-0.3, -0.25) is 14.7 Å². The second-order valence-electron chi connectivity index (χ2n) is 5.97. The highest BCUT2D eigenvalue weighted by atomic mass is 16.4. The molecule has 0 unspecified atom stereocenters. The summed E-state index contributed by atoms with van der Waals surface area (Å²) < 4.78 is 0. The maximum Gasteiger partial charge on any atom is 0.306 e. The lowest BCUT2D eigenvalue weighted by atomic mass is 10.0. The molecule has 1 fully saturated rings. The van der Waals surface area contributed by atoms with Gasteiger partial charge in [-0.05, 0) is 45.1 Å². The molecule has 1 heterocycles. The number of rotatable bonds is 5. The van der Waals surface area contributed by atoms with Gasteiger partial charge in [-0.2, -0.15) is 5.10 Å². The number of amides is 1. The normalized spacial score (nSPS) is 21.5. The van der Waals surface area contributed by atoms with Crippen LogP contribution in [-0.4, -0.2) is 45.7 Å². The fourth-order valence-corrected chi connectivity index (χ4v) is 3.07. The quantitative estimate of drug-likeness (QED) is 0.862. The molecule has 1 aromatic rings. The fraction of sp³-hybridized carbons (Fsp3) is 0.667. The van der Waals surface area contributed by atoms with Gasteiger partial charge >= 0.3 is 5.97 Å². The van der Waals surface area contributed by atoms with E-state index in [1.807, 2.05) is 13.8 Å². The number of H-pyrrole nitrogens is 1. The van der Waals surface area contributed by atoms with Gasteiger partial charge in [-0.1, -0.05) is 0 Å². The first-order valence-electron chi connectivity index (χ1n) is 7.38. The summed E-state index contributed by atoms with van der Waals surface area (Å²) >= 11 is 0. The number of carboxylic acid groups (broad SMARTS) is 1. The zero-order valence-electron chi connectivity index (χ0n) is 12.8. The number of hydrogen-bond donors (Lipinski definition) is 2. The second-order valence-corrected chi connectivity index (χ2v) is 5.97. The number of aromatic nitrogens is 2. The largest absolute Gasteiger partial charge is 0.481 e. The predicted molar refractivity (Wildman–Crippen MR) is 77.9 cm³/mol. The summed E-state index contributed by atoms with van der Waals surface area (Å²) in [6.07, 6.45) is 2.54. The number of aromatic amines is 1. The average Bonchev–Trinajstić information content (AvgIpc) is 3.04. The Morgan fingerprint density at radius 2 is 2.00 bits per heavy atom. The molecule has 0 spiro atoms. The van der Waals surface area contributed by atoms with Gasteiger partial charge in [0, 0.05) is 25.2 Å². The average molecular weight is 293 g/mol. The van der Waals surface area contributed by atoms with E-state index >= 15 is 0 Å². The molecule has 0 bridgehead atoms. The Balaban J connectivity index is 1.87. The summed E-state index contributed by atoms with van der Waals surface area (Å²) in [4.78, 5) is 25.0. The highest BCUT2D eigenvalue weighted by Crippen LogP contribution is 2.32. The van der Waals surface area contributed by atoms with Crippen LogP contribution in [0.5, 0.6) is 0 Å². The molecule has 2 atom stereocenters. The molecule has 6 heteroatoms. The lowest BCUT2D eigenvalue weighted by Crippen LogP contribution is -2.33. The smallest absolute Gasteiger partial charge is 0.306 e. The summed E-state index contributed by atoms with van der Waals surface area (Å²) in [7, 11) is 1.79. The van der Waals surface area contributed by atoms with Gasteiger partial charge in [0.15, 0.2) is 0 Å². The number of hydrogen-bond acceptors (Lipinski definition) is 3. The maximum atomic E-state index is 12.4. The molecule has 0 aliphatic heterocycles. The minimum Gasteiger partial charge on any atom is -0.481 e. The van der Waals surface area contributed by atoms with Crippen LogP contribution < -0.4 is 0 Å². The molecular formula is C15H23N3O3. The molecule has 2 N–H and O–H groups in total. The van der Waals surface area contributed by atoms with Gasteiger partial charge < -0.3 is 10.0 Å². The van der Waals surface area contributed by atoms with Crippen molar-refractivity contribution >= 4 is 11.9 Å². The molecule has 0 aromatic carbocycles. The van der Waals surface area contributed by atoms with E-state index in [4.69, 9.17) is 5.11 Å². The number of nitrogens with one attached hydrogen (secondary N) is 1. The van der Waals surface area contributed by atoms with Crippen molar-refractivity contribution in [2.75, 3.05) is 13.6 Å². The van der Waals surface area contributed by atoms with E-state index in [-0.39, 0.29) is 17.7 Å². The van der Waals surface area contributed by atoms with E-state index in [0.29, 0.717) is 25.8 Å². The zero-order chi connectivity index (χ0) is 15.6. The molecule has 1 aromatic heterocycles. The molecule has 1 amide bonds. The van der Waals surface area contributed by atoms with Crippen molar-refractivity contribution in [3.8, 4) is 0 Å². The van der Waals surface area contributed by atoms with Crippen LogP contribution in [0.3, 0.4) is 0 Å². The molecule has 6 nitrogen and oxygen atoms in total. The first-order valence-corrected chi connectivity index (χ1v) is 7.38. The van der Waals surface area contributed by atoms with Crippen LogP contribution in [0.25, 0.3) is 0 Å². The summed E-state index contributed by atoms with van der Waals surface area (Å²) in [5.74, 6) is -1.21. The molecule has 0 saturated heterocycles. The minimum atomic E-state index is -0.780. The molecular weight excluding hydrogens is 270 g/mol. The molecule has 116 valence electrons. The topological polar surface area (TPSA) is 86.3 Å². The van der Waals surface area contributed by atoms with Crippen molar-refractivity contribution < 1.29 is 14.7 Å². The van der Waals surface area contributed by atoms with Gasteiger partial charge in [0.05, 0.1) is 11.6 Å². The van der Waals surface area contributed by atoms with Crippen molar-refractivity contribution in [1.82, 2.24) is 15.1 Å². The molecule has 2 rings (SSSR count). The lowest BCUT2D eigenvalue weighted by Gasteiger charge is -2.21. The Hall–Kier alpha value is -1.85. The van der Waals surface area contributed by atoms with Gasteiger partial charge in [0.2, 0.25) is 5.91 Å². The van der Waals surface area contributed by atoms with Crippen molar-refractivity contribution in [1.29, 1.82) is 0 Å².